The zero-order valence-corrected chi connectivity index (χ0v) is 16.6. The van der Waals surface area contributed by atoms with Crippen molar-refractivity contribution < 1.29 is 9.53 Å². The van der Waals surface area contributed by atoms with Gasteiger partial charge in [0.05, 0.1) is 19.8 Å². The number of pyridine rings is 1. The maximum Gasteiger partial charge on any atom is 0.320 e. The van der Waals surface area contributed by atoms with Crippen LogP contribution in [0.2, 0.25) is 0 Å². The van der Waals surface area contributed by atoms with Gasteiger partial charge >= 0.3 is 6.03 Å². The van der Waals surface area contributed by atoms with Gasteiger partial charge in [0.25, 0.3) is 5.56 Å². The van der Waals surface area contributed by atoms with Crippen LogP contribution in [0.15, 0.2) is 29.1 Å². The van der Waals surface area contributed by atoms with Crippen molar-refractivity contribution in [2.75, 3.05) is 26.3 Å². The highest BCUT2D eigenvalue weighted by Gasteiger charge is 2.30. The maximum absolute atomic E-state index is 13.3. The summed E-state index contributed by atoms with van der Waals surface area (Å²) in [6.45, 7) is 4.81. The number of carbonyl (C=O) groups is 1. The molecular weight excluding hydrogens is 354 g/mol. The Morgan fingerprint density at radius 2 is 1.93 bits per heavy atom. The number of nitrogens with zero attached hydrogens (tertiary/aromatic N) is 2. The SMILES string of the molecule is Cc1ccc2[nH]c(=O)c(CN(C(=O)N3CCOCC3)C3CCCCC3)cc2c1. The minimum Gasteiger partial charge on any atom is -0.378 e. The highest BCUT2D eigenvalue weighted by atomic mass is 16.5. The van der Waals surface area contributed by atoms with Gasteiger partial charge in [-0.15, -0.1) is 0 Å². The van der Waals surface area contributed by atoms with Gasteiger partial charge < -0.3 is 19.5 Å². The summed E-state index contributed by atoms with van der Waals surface area (Å²) in [6, 6.07) is 8.20. The van der Waals surface area contributed by atoms with Gasteiger partial charge in [0, 0.05) is 30.2 Å². The summed E-state index contributed by atoms with van der Waals surface area (Å²) in [4.78, 5) is 32.8. The van der Waals surface area contributed by atoms with E-state index in [0.717, 1.165) is 42.1 Å². The van der Waals surface area contributed by atoms with Crippen molar-refractivity contribution in [3.8, 4) is 0 Å². The quantitative estimate of drug-likeness (QED) is 0.883. The number of fused-ring (bicyclic) bond motifs is 1. The molecule has 0 unspecified atom stereocenters. The van der Waals surface area contributed by atoms with E-state index < -0.39 is 0 Å². The van der Waals surface area contributed by atoms with Crippen molar-refractivity contribution in [1.82, 2.24) is 14.8 Å². The zero-order valence-electron chi connectivity index (χ0n) is 16.6. The van der Waals surface area contributed by atoms with Crippen molar-refractivity contribution in [3.05, 3.63) is 45.7 Å². The van der Waals surface area contributed by atoms with Crippen LogP contribution in [0.4, 0.5) is 4.79 Å². The zero-order chi connectivity index (χ0) is 19.5. The van der Waals surface area contributed by atoms with E-state index in [0.29, 0.717) is 38.4 Å². The Balaban J connectivity index is 1.64. The van der Waals surface area contributed by atoms with E-state index in [-0.39, 0.29) is 17.6 Å². The summed E-state index contributed by atoms with van der Waals surface area (Å²) in [7, 11) is 0. The highest BCUT2D eigenvalue weighted by molar-refractivity contribution is 5.80. The second-order valence-electron chi connectivity index (χ2n) is 8.02. The van der Waals surface area contributed by atoms with E-state index in [4.69, 9.17) is 4.74 Å². The van der Waals surface area contributed by atoms with Crippen LogP contribution in [0.3, 0.4) is 0 Å². The Morgan fingerprint density at radius 3 is 2.68 bits per heavy atom. The molecule has 2 aliphatic rings. The Bertz CT molecular complexity index is 896. The molecule has 4 rings (SSSR count). The normalized spacial score (nSPS) is 18.4. The number of carbonyl (C=O) groups excluding carboxylic acids is 1. The van der Waals surface area contributed by atoms with E-state index >= 15 is 0 Å². The lowest BCUT2D eigenvalue weighted by Gasteiger charge is -2.39. The molecule has 1 aromatic carbocycles. The number of amides is 2. The van der Waals surface area contributed by atoms with Crippen molar-refractivity contribution >= 4 is 16.9 Å². The van der Waals surface area contributed by atoms with Gasteiger partial charge in [-0.25, -0.2) is 4.79 Å². The molecule has 28 heavy (non-hydrogen) atoms. The molecule has 0 atom stereocenters. The number of rotatable bonds is 3. The number of aryl methyl sites for hydroxylation is 1. The van der Waals surface area contributed by atoms with Gasteiger partial charge in [0.2, 0.25) is 0 Å². The summed E-state index contributed by atoms with van der Waals surface area (Å²) in [5, 5.41) is 1.01. The van der Waals surface area contributed by atoms with Gasteiger partial charge in [-0.1, -0.05) is 30.9 Å². The number of aromatic amines is 1. The molecule has 1 aliphatic heterocycles. The molecule has 2 heterocycles. The molecule has 0 spiro atoms. The number of aromatic nitrogens is 1. The van der Waals surface area contributed by atoms with Crippen molar-refractivity contribution in [1.29, 1.82) is 0 Å². The number of H-pyrrole nitrogens is 1. The predicted molar refractivity (Wildman–Crippen MR) is 110 cm³/mol. The molecule has 2 fully saturated rings. The average Bonchev–Trinajstić information content (AvgIpc) is 2.73. The first-order chi connectivity index (χ1) is 13.6. The monoisotopic (exact) mass is 383 g/mol. The summed E-state index contributed by atoms with van der Waals surface area (Å²) >= 11 is 0. The number of nitrogens with one attached hydrogen (secondary N) is 1. The van der Waals surface area contributed by atoms with Crippen LogP contribution in [0.25, 0.3) is 10.9 Å². The van der Waals surface area contributed by atoms with Crippen molar-refractivity contribution in [2.45, 2.75) is 51.6 Å². The van der Waals surface area contributed by atoms with Gasteiger partial charge in [0.1, 0.15) is 0 Å². The minimum atomic E-state index is -0.105. The molecule has 2 amide bonds. The van der Waals surface area contributed by atoms with Gasteiger partial charge in [-0.05, 0) is 43.4 Å². The summed E-state index contributed by atoms with van der Waals surface area (Å²) < 4.78 is 5.40. The molecule has 0 bridgehead atoms. The summed E-state index contributed by atoms with van der Waals surface area (Å²) in [6.07, 6.45) is 5.54. The second-order valence-corrected chi connectivity index (χ2v) is 8.02. The standard InChI is InChI=1S/C22H29N3O3/c1-16-7-8-20-17(13-16)14-18(21(26)23-20)15-25(19-5-3-2-4-6-19)22(27)24-9-11-28-12-10-24/h7-8,13-14,19H,2-6,9-12,15H2,1H3,(H,23,26). The fraction of sp³-hybridized carbons (Fsp3) is 0.545. The fourth-order valence-corrected chi connectivity index (χ4v) is 4.35. The fourth-order valence-electron chi connectivity index (χ4n) is 4.35. The van der Waals surface area contributed by atoms with E-state index in [2.05, 4.69) is 11.1 Å². The Morgan fingerprint density at radius 1 is 1.18 bits per heavy atom. The van der Waals surface area contributed by atoms with Crippen molar-refractivity contribution in [2.24, 2.45) is 0 Å². The Hall–Kier alpha value is -2.34. The average molecular weight is 383 g/mol. The third kappa shape index (κ3) is 4.07. The number of urea groups is 1. The Kier molecular flexibility index (Phi) is 5.67. The maximum atomic E-state index is 13.3. The molecule has 150 valence electrons. The lowest BCUT2D eigenvalue weighted by molar-refractivity contribution is 0.0356. The molecular formula is C22H29N3O3. The smallest absolute Gasteiger partial charge is 0.320 e. The lowest BCUT2D eigenvalue weighted by atomic mass is 9.94. The first-order valence-electron chi connectivity index (χ1n) is 10.4. The van der Waals surface area contributed by atoms with E-state index in [1.807, 2.05) is 34.9 Å². The predicted octanol–water partition coefficient (Wildman–Crippen LogP) is 3.42. The molecule has 6 nitrogen and oxygen atoms in total. The number of hydrogen-bond acceptors (Lipinski definition) is 3. The lowest BCUT2D eigenvalue weighted by Crippen LogP contribution is -2.52. The van der Waals surface area contributed by atoms with Gasteiger partial charge in [0.15, 0.2) is 0 Å². The van der Waals surface area contributed by atoms with Crippen molar-refractivity contribution in [3.63, 3.8) is 0 Å². The second kappa shape index (κ2) is 8.35. The van der Waals surface area contributed by atoms with E-state index in [1.54, 1.807) is 0 Å². The Labute approximate surface area is 165 Å². The molecule has 1 N–H and O–H groups in total. The van der Waals surface area contributed by atoms with Gasteiger partial charge in [-0.2, -0.15) is 0 Å². The molecule has 1 aliphatic carbocycles. The topological polar surface area (TPSA) is 65.6 Å². The molecule has 0 radical (unpaired) electrons. The first-order valence-corrected chi connectivity index (χ1v) is 10.4. The largest absolute Gasteiger partial charge is 0.378 e. The summed E-state index contributed by atoms with van der Waals surface area (Å²) in [5.74, 6) is 0. The van der Waals surface area contributed by atoms with Crippen LogP contribution in [0.1, 0.15) is 43.2 Å². The molecule has 2 aromatic rings. The first kappa shape index (κ1) is 19.0. The number of hydrogen-bond donors (Lipinski definition) is 1. The number of morpholine rings is 1. The van der Waals surface area contributed by atoms with E-state index in [1.165, 1.54) is 6.42 Å². The van der Waals surface area contributed by atoms with Crippen LogP contribution in [-0.2, 0) is 11.3 Å². The van der Waals surface area contributed by atoms with Crippen LogP contribution in [0, 0.1) is 6.92 Å². The molecule has 1 aromatic heterocycles. The molecule has 1 saturated heterocycles. The number of benzene rings is 1. The van der Waals surface area contributed by atoms with Gasteiger partial charge in [-0.3, -0.25) is 4.79 Å². The van der Waals surface area contributed by atoms with Crippen LogP contribution in [0.5, 0.6) is 0 Å². The molecule has 6 heteroatoms. The van der Waals surface area contributed by atoms with Crippen LogP contribution >= 0.6 is 0 Å². The minimum absolute atomic E-state index is 0.0407. The third-order valence-electron chi connectivity index (χ3n) is 5.96. The third-order valence-corrected chi connectivity index (χ3v) is 5.96. The van der Waals surface area contributed by atoms with Crippen LogP contribution in [-0.4, -0.2) is 53.2 Å². The number of ether oxygens (including phenoxy) is 1. The summed E-state index contributed by atoms with van der Waals surface area (Å²) in [5.41, 5.74) is 2.54. The highest BCUT2D eigenvalue weighted by Crippen LogP contribution is 2.25. The van der Waals surface area contributed by atoms with E-state index in [9.17, 15) is 9.59 Å². The van der Waals surface area contributed by atoms with Crippen LogP contribution < -0.4 is 5.56 Å². The molecule has 1 saturated carbocycles.